The zero-order valence-electron chi connectivity index (χ0n) is 17.3. The van der Waals surface area contributed by atoms with Crippen LogP contribution in [0.5, 0.6) is 0 Å². The van der Waals surface area contributed by atoms with Crippen LogP contribution < -0.4 is 4.90 Å². The molecule has 1 fully saturated rings. The molecule has 1 amide bonds. The summed E-state index contributed by atoms with van der Waals surface area (Å²) in [5.41, 5.74) is 2.60. The zero-order valence-corrected chi connectivity index (χ0v) is 17.3. The van der Waals surface area contributed by atoms with E-state index in [1.54, 1.807) is 17.0 Å². The Morgan fingerprint density at radius 3 is 2.43 bits per heavy atom. The monoisotopic (exact) mass is 407 g/mol. The molecule has 3 aromatic rings. The summed E-state index contributed by atoms with van der Waals surface area (Å²) in [6.07, 6.45) is 2.20. The van der Waals surface area contributed by atoms with Crippen molar-refractivity contribution in [1.82, 2.24) is 10.1 Å². The van der Waals surface area contributed by atoms with Crippen molar-refractivity contribution in [2.45, 2.75) is 39.3 Å². The number of rotatable bonds is 6. The van der Waals surface area contributed by atoms with E-state index in [2.05, 4.69) is 10.1 Å². The molecular weight excluding hydrogens is 381 g/mol. The average Bonchev–Trinajstić information content (AvgIpc) is 3.42. The number of hydrogen-bond acceptors (Lipinski definition) is 4. The van der Waals surface area contributed by atoms with Gasteiger partial charge in [0.1, 0.15) is 11.5 Å². The molecule has 6 heteroatoms. The predicted octanol–water partition coefficient (Wildman–Crippen LogP) is 5.13. The first-order valence-electron chi connectivity index (χ1n) is 10.4. The smallest absolute Gasteiger partial charge is 0.257 e. The Kier molecular flexibility index (Phi) is 5.84. The Morgan fingerprint density at radius 1 is 1.10 bits per heavy atom. The standard InChI is InChI=1S/C24H26FN3O2/c1-17(2)28(23(29)19-12-6-7-13-21(19)25)16-20-22(18-10-4-3-5-11-18)26-30-24(20)27-14-8-9-15-27/h3-7,10-13,17H,8-9,14-16H2,1-2H3. The van der Waals surface area contributed by atoms with Crippen LogP contribution in [0.15, 0.2) is 59.1 Å². The summed E-state index contributed by atoms with van der Waals surface area (Å²) in [5.74, 6) is -0.143. The van der Waals surface area contributed by atoms with Crippen LogP contribution in [0.4, 0.5) is 10.3 Å². The molecule has 0 spiro atoms. The first-order valence-corrected chi connectivity index (χ1v) is 10.4. The Balaban J connectivity index is 1.74. The Bertz CT molecular complexity index is 1010. The molecule has 30 heavy (non-hydrogen) atoms. The van der Waals surface area contributed by atoms with Gasteiger partial charge in [-0.3, -0.25) is 4.79 Å². The number of nitrogens with zero attached hydrogens (tertiary/aromatic N) is 3. The number of carbonyl (C=O) groups is 1. The molecule has 0 atom stereocenters. The molecule has 0 saturated carbocycles. The Labute approximate surface area is 176 Å². The molecule has 0 unspecified atom stereocenters. The highest BCUT2D eigenvalue weighted by Gasteiger charge is 2.29. The molecule has 4 rings (SSSR count). The number of halogens is 1. The van der Waals surface area contributed by atoms with Crippen LogP contribution in [0.1, 0.15) is 42.6 Å². The van der Waals surface area contributed by atoms with Gasteiger partial charge >= 0.3 is 0 Å². The molecule has 1 aliphatic rings. The second kappa shape index (κ2) is 8.69. The number of hydrogen-bond donors (Lipinski definition) is 0. The van der Waals surface area contributed by atoms with Gasteiger partial charge in [-0.15, -0.1) is 0 Å². The highest BCUT2D eigenvalue weighted by Crippen LogP contribution is 2.34. The number of benzene rings is 2. The van der Waals surface area contributed by atoms with Crippen molar-refractivity contribution in [3.05, 3.63) is 71.5 Å². The fourth-order valence-electron chi connectivity index (χ4n) is 3.88. The lowest BCUT2D eigenvalue weighted by Gasteiger charge is -2.28. The summed E-state index contributed by atoms with van der Waals surface area (Å²) in [6.45, 7) is 5.97. The van der Waals surface area contributed by atoms with E-state index in [1.807, 2.05) is 44.2 Å². The van der Waals surface area contributed by atoms with Gasteiger partial charge in [-0.25, -0.2) is 4.39 Å². The van der Waals surface area contributed by atoms with Crippen LogP contribution in [-0.2, 0) is 6.54 Å². The van der Waals surface area contributed by atoms with E-state index >= 15 is 0 Å². The lowest BCUT2D eigenvalue weighted by Crippen LogP contribution is -2.37. The average molecular weight is 407 g/mol. The van der Waals surface area contributed by atoms with E-state index in [0.29, 0.717) is 12.4 Å². The SMILES string of the molecule is CC(C)N(Cc1c(-c2ccccc2)noc1N1CCCC1)C(=O)c1ccccc1F. The van der Waals surface area contributed by atoms with Crippen molar-refractivity contribution < 1.29 is 13.7 Å². The first-order chi connectivity index (χ1) is 14.6. The van der Waals surface area contributed by atoms with Gasteiger partial charge in [-0.1, -0.05) is 47.6 Å². The maximum atomic E-state index is 14.3. The molecule has 1 saturated heterocycles. The first kappa shape index (κ1) is 20.1. The molecule has 5 nitrogen and oxygen atoms in total. The summed E-state index contributed by atoms with van der Waals surface area (Å²) in [6, 6.07) is 15.8. The van der Waals surface area contributed by atoms with Crippen LogP contribution in [0.3, 0.4) is 0 Å². The van der Waals surface area contributed by atoms with Crippen LogP contribution in [0, 0.1) is 5.82 Å². The maximum Gasteiger partial charge on any atom is 0.257 e. The minimum absolute atomic E-state index is 0.0756. The summed E-state index contributed by atoms with van der Waals surface area (Å²) >= 11 is 0. The van der Waals surface area contributed by atoms with E-state index in [4.69, 9.17) is 4.52 Å². The molecule has 2 aromatic carbocycles. The van der Waals surface area contributed by atoms with Gasteiger partial charge in [0.25, 0.3) is 5.91 Å². The van der Waals surface area contributed by atoms with Crippen molar-refractivity contribution >= 4 is 11.8 Å². The van der Waals surface area contributed by atoms with E-state index in [0.717, 1.165) is 42.8 Å². The minimum Gasteiger partial charge on any atom is -0.340 e. The van der Waals surface area contributed by atoms with E-state index in [-0.39, 0.29) is 17.5 Å². The summed E-state index contributed by atoms with van der Waals surface area (Å²) < 4.78 is 20.1. The van der Waals surface area contributed by atoms with Crippen LogP contribution >= 0.6 is 0 Å². The fraction of sp³-hybridized carbons (Fsp3) is 0.333. The third-order valence-electron chi connectivity index (χ3n) is 5.52. The highest BCUT2D eigenvalue weighted by molar-refractivity contribution is 5.94. The molecule has 0 N–H and O–H groups in total. The summed E-state index contributed by atoms with van der Waals surface area (Å²) in [4.78, 5) is 17.1. The number of carbonyl (C=O) groups excluding carboxylic acids is 1. The minimum atomic E-state index is -0.512. The van der Waals surface area contributed by atoms with Gasteiger partial charge in [-0.2, -0.15) is 0 Å². The summed E-state index contributed by atoms with van der Waals surface area (Å²) in [7, 11) is 0. The topological polar surface area (TPSA) is 49.6 Å². The normalized spacial score (nSPS) is 13.8. The lowest BCUT2D eigenvalue weighted by molar-refractivity contribution is 0.0686. The van der Waals surface area contributed by atoms with Gasteiger partial charge in [0, 0.05) is 24.7 Å². The Hall–Kier alpha value is -3.15. The fourth-order valence-corrected chi connectivity index (χ4v) is 3.88. The highest BCUT2D eigenvalue weighted by atomic mass is 19.1. The van der Waals surface area contributed by atoms with E-state index < -0.39 is 5.82 Å². The largest absolute Gasteiger partial charge is 0.340 e. The van der Waals surface area contributed by atoms with Crippen molar-refractivity contribution in [3.8, 4) is 11.3 Å². The van der Waals surface area contributed by atoms with Crippen molar-refractivity contribution in [2.75, 3.05) is 18.0 Å². The maximum absolute atomic E-state index is 14.3. The molecule has 1 aliphatic heterocycles. The second-order valence-electron chi connectivity index (χ2n) is 7.88. The molecular formula is C24H26FN3O2. The van der Waals surface area contributed by atoms with Gasteiger partial charge in [0.2, 0.25) is 5.88 Å². The molecule has 0 aliphatic carbocycles. The summed E-state index contributed by atoms with van der Waals surface area (Å²) in [5, 5.41) is 4.36. The molecule has 0 radical (unpaired) electrons. The third kappa shape index (κ3) is 3.95. The van der Waals surface area contributed by atoms with E-state index in [1.165, 1.54) is 12.1 Å². The number of aromatic nitrogens is 1. The second-order valence-corrected chi connectivity index (χ2v) is 7.88. The number of anilines is 1. The third-order valence-corrected chi connectivity index (χ3v) is 5.52. The quantitative estimate of drug-likeness (QED) is 0.568. The molecule has 2 heterocycles. The molecule has 156 valence electrons. The van der Waals surface area contributed by atoms with Gasteiger partial charge < -0.3 is 14.3 Å². The van der Waals surface area contributed by atoms with Crippen LogP contribution in [-0.4, -0.2) is 35.1 Å². The van der Waals surface area contributed by atoms with Gasteiger partial charge in [-0.05, 0) is 38.8 Å². The van der Waals surface area contributed by atoms with Crippen molar-refractivity contribution in [3.63, 3.8) is 0 Å². The zero-order chi connectivity index (χ0) is 21.1. The van der Waals surface area contributed by atoms with Gasteiger partial charge in [0.05, 0.1) is 17.7 Å². The van der Waals surface area contributed by atoms with Gasteiger partial charge in [0.15, 0.2) is 0 Å². The molecule has 1 aromatic heterocycles. The Morgan fingerprint density at radius 2 is 1.77 bits per heavy atom. The molecule has 0 bridgehead atoms. The number of amides is 1. The van der Waals surface area contributed by atoms with Crippen molar-refractivity contribution in [1.29, 1.82) is 0 Å². The predicted molar refractivity (Wildman–Crippen MR) is 115 cm³/mol. The van der Waals surface area contributed by atoms with E-state index in [9.17, 15) is 9.18 Å². The van der Waals surface area contributed by atoms with Crippen LogP contribution in [0.2, 0.25) is 0 Å². The lowest BCUT2D eigenvalue weighted by atomic mass is 10.1. The van der Waals surface area contributed by atoms with Crippen LogP contribution in [0.25, 0.3) is 11.3 Å². The van der Waals surface area contributed by atoms with Crippen molar-refractivity contribution in [2.24, 2.45) is 0 Å².